The van der Waals surface area contributed by atoms with Crippen LogP contribution in [0.5, 0.6) is 0 Å². The van der Waals surface area contributed by atoms with Crippen LogP contribution in [0.25, 0.3) is 0 Å². The molecule has 1 aromatic heterocycles. The van der Waals surface area contributed by atoms with Crippen molar-refractivity contribution < 1.29 is 9.59 Å². The van der Waals surface area contributed by atoms with Gasteiger partial charge in [0.1, 0.15) is 0 Å². The molecule has 1 saturated heterocycles. The van der Waals surface area contributed by atoms with Gasteiger partial charge >= 0.3 is 0 Å². The second-order valence-corrected chi connectivity index (χ2v) is 6.43. The van der Waals surface area contributed by atoms with Gasteiger partial charge in [-0.25, -0.2) is 4.98 Å². The number of hydrogen-bond acceptors (Lipinski definition) is 3. The minimum atomic E-state index is -0.180. The van der Waals surface area contributed by atoms with Crippen LogP contribution < -0.4 is 0 Å². The first-order chi connectivity index (χ1) is 10.0. The fourth-order valence-corrected chi connectivity index (χ4v) is 3.21. The van der Waals surface area contributed by atoms with Crippen LogP contribution in [-0.4, -0.2) is 51.2 Å². The molecule has 0 aromatic carbocycles. The average Bonchev–Trinajstić information content (AvgIpc) is 3.04. The van der Waals surface area contributed by atoms with E-state index in [0.29, 0.717) is 32.0 Å². The van der Waals surface area contributed by atoms with Crippen molar-refractivity contribution in [1.29, 1.82) is 0 Å². The van der Waals surface area contributed by atoms with E-state index >= 15 is 0 Å². The number of nitrogens with one attached hydrogen (secondary N) is 1. The van der Waals surface area contributed by atoms with E-state index in [1.807, 2.05) is 9.80 Å². The number of nitrogens with zero attached hydrogens (tertiary/aromatic N) is 3. The Bertz CT molecular complexity index is 552. The number of H-pyrrole nitrogens is 1. The molecule has 0 spiro atoms. The molecule has 0 saturated carbocycles. The molecule has 1 fully saturated rings. The number of carbonyl (C=O) groups excluding carboxylic acids is 2. The minimum Gasteiger partial charge on any atom is -0.347 e. The fourth-order valence-electron chi connectivity index (χ4n) is 3.21. The molecule has 0 bridgehead atoms. The van der Waals surface area contributed by atoms with E-state index in [9.17, 15) is 9.59 Å². The van der Waals surface area contributed by atoms with E-state index < -0.39 is 0 Å². The quantitative estimate of drug-likeness (QED) is 0.895. The highest BCUT2D eigenvalue weighted by Crippen LogP contribution is 2.24. The van der Waals surface area contributed by atoms with Gasteiger partial charge < -0.3 is 14.8 Å². The van der Waals surface area contributed by atoms with Gasteiger partial charge in [0.25, 0.3) is 0 Å². The van der Waals surface area contributed by atoms with Gasteiger partial charge in [0.15, 0.2) is 0 Å². The maximum Gasteiger partial charge on any atom is 0.228 e. The van der Waals surface area contributed by atoms with Gasteiger partial charge in [-0.05, 0) is 5.92 Å². The number of likely N-dealkylation sites (tertiary alicyclic amines) is 1. The lowest BCUT2D eigenvalue weighted by Crippen LogP contribution is -2.40. The molecular formula is C15H22N4O2. The highest BCUT2D eigenvalue weighted by molar-refractivity contribution is 5.89. The van der Waals surface area contributed by atoms with Crippen LogP contribution >= 0.6 is 0 Å². The van der Waals surface area contributed by atoms with Gasteiger partial charge in [-0.3, -0.25) is 9.59 Å². The summed E-state index contributed by atoms with van der Waals surface area (Å²) in [4.78, 5) is 35.7. The van der Waals surface area contributed by atoms with E-state index in [1.54, 1.807) is 6.33 Å². The molecule has 2 aliphatic heterocycles. The number of rotatable bonds is 3. The molecule has 1 unspecified atom stereocenters. The molecule has 1 aromatic rings. The molecule has 21 heavy (non-hydrogen) atoms. The summed E-state index contributed by atoms with van der Waals surface area (Å²) in [5.74, 6) is 0.474. The molecule has 1 atom stereocenters. The van der Waals surface area contributed by atoms with Crippen molar-refractivity contribution in [2.75, 3.05) is 19.6 Å². The molecule has 114 valence electrons. The third-order valence-corrected chi connectivity index (χ3v) is 4.24. The third-order valence-electron chi connectivity index (χ3n) is 4.24. The van der Waals surface area contributed by atoms with Crippen molar-refractivity contribution in [1.82, 2.24) is 19.8 Å². The van der Waals surface area contributed by atoms with Crippen molar-refractivity contribution in [2.24, 2.45) is 11.8 Å². The summed E-state index contributed by atoms with van der Waals surface area (Å²) in [6.45, 7) is 6.78. The van der Waals surface area contributed by atoms with Gasteiger partial charge in [0.05, 0.1) is 30.2 Å². The predicted octanol–water partition coefficient (Wildman–Crippen LogP) is 0.799. The van der Waals surface area contributed by atoms with Crippen LogP contribution in [0.1, 0.15) is 31.7 Å². The van der Waals surface area contributed by atoms with E-state index in [4.69, 9.17) is 0 Å². The summed E-state index contributed by atoms with van der Waals surface area (Å²) in [5.41, 5.74) is 2.08. The lowest BCUT2D eigenvalue weighted by molar-refractivity contribution is -0.136. The molecular weight excluding hydrogens is 268 g/mol. The Morgan fingerprint density at radius 1 is 1.52 bits per heavy atom. The molecule has 6 heteroatoms. The Labute approximate surface area is 124 Å². The van der Waals surface area contributed by atoms with Crippen molar-refractivity contribution in [3.63, 3.8) is 0 Å². The second-order valence-electron chi connectivity index (χ2n) is 6.43. The Hall–Kier alpha value is -1.85. The first-order valence-corrected chi connectivity index (χ1v) is 7.62. The van der Waals surface area contributed by atoms with Crippen molar-refractivity contribution in [2.45, 2.75) is 33.2 Å². The second kappa shape index (κ2) is 5.50. The van der Waals surface area contributed by atoms with Crippen molar-refractivity contribution in [3.05, 3.63) is 17.7 Å². The maximum absolute atomic E-state index is 12.6. The summed E-state index contributed by atoms with van der Waals surface area (Å²) < 4.78 is 0. The lowest BCUT2D eigenvalue weighted by atomic mass is 10.0. The Morgan fingerprint density at radius 3 is 3.10 bits per heavy atom. The van der Waals surface area contributed by atoms with E-state index in [-0.39, 0.29) is 17.7 Å². The van der Waals surface area contributed by atoms with E-state index in [2.05, 4.69) is 23.8 Å². The zero-order chi connectivity index (χ0) is 15.0. The molecule has 3 rings (SSSR count). The molecule has 6 nitrogen and oxygen atoms in total. The smallest absolute Gasteiger partial charge is 0.228 e. The number of carbonyl (C=O) groups is 2. The zero-order valence-electron chi connectivity index (χ0n) is 12.6. The number of aromatic amines is 1. The maximum atomic E-state index is 12.6. The predicted molar refractivity (Wildman–Crippen MR) is 77.2 cm³/mol. The largest absolute Gasteiger partial charge is 0.347 e. The van der Waals surface area contributed by atoms with Crippen LogP contribution in [0, 0.1) is 11.8 Å². The summed E-state index contributed by atoms with van der Waals surface area (Å²) in [7, 11) is 0. The zero-order valence-corrected chi connectivity index (χ0v) is 12.6. The summed E-state index contributed by atoms with van der Waals surface area (Å²) in [6, 6.07) is 0. The van der Waals surface area contributed by atoms with Crippen LogP contribution in [0.3, 0.4) is 0 Å². The summed E-state index contributed by atoms with van der Waals surface area (Å²) in [5, 5.41) is 0. The van der Waals surface area contributed by atoms with Crippen LogP contribution in [0.15, 0.2) is 6.33 Å². The normalized spacial score (nSPS) is 22.0. The topological polar surface area (TPSA) is 69.3 Å². The van der Waals surface area contributed by atoms with Gasteiger partial charge in [0.2, 0.25) is 11.8 Å². The monoisotopic (exact) mass is 290 g/mol. The average molecular weight is 290 g/mol. The lowest BCUT2D eigenvalue weighted by Gasteiger charge is -2.28. The van der Waals surface area contributed by atoms with Crippen molar-refractivity contribution in [3.8, 4) is 0 Å². The highest BCUT2D eigenvalue weighted by atomic mass is 16.2. The molecule has 1 N–H and O–H groups in total. The summed E-state index contributed by atoms with van der Waals surface area (Å²) in [6.07, 6.45) is 2.83. The van der Waals surface area contributed by atoms with Crippen LogP contribution in [-0.2, 0) is 22.6 Å². The molecule has 2 amide bonds. The molecule has 2 aliphatic rings. The first-order valence-electron chi connectivity index (χ1n) is 7.62. The molecule has 0 aliphatic carbocycles. The van der Waals surface area contributed by atoms with Crippen LogP contribution in [0.2, 0.25) is 0 Å². The van der Waals surface area contributed by atoms with E-state index in [0.717, 1.165) is 24.4 Å². The van der Waals surface area contributed by atoms with Gasteiger partial charge in [-0.1, -0.05) is 13.8 Å². The number of aromatic nitrogens is 2. The SMILES string of the molecule is CC(C)CN1CC(C(=O)N2CCc3nc[nH]c3C2)CC1=O. The molecule has 0 radical (unpaired) electrons. The first kappa shape index (κ1) is 14.1. The Balaban J connectivity index is 1.63. The molecule has 3 heterocycles. The van der Waals surface area contributed by atoms with Gasteiger partial charge in [-0.2, -0.15) is 0 Å². The number of imidazole rings is 1. The number of amides is 2. The van der Waals surface area contributed by atoms with Gasteiger partial charge in [0, 0.05) is 32.5 Å². The van der Waals surface area contributed by atoms with Crippen LogP contribution in [0.4, 0.5) is 0 Å². The number of hydrogen-bond donors (Lipinski definition) is 1. The standard InChI is InChI=1S/C15H22N4O2/c1-10(2)6-19-7-11(5-14(19)20)15(21)18-4-3-12-13(8-18)17-9-16-12/h9-11H,3-8H2,1-2H3,(H,16,17). The van der Waals surface area contributed by atoms with E-state index in [1.165, 1.54) is 0 Å². The third kappa shape index (κ3) is 2.80. The van der Waals surface area contributed by atoms with Gasteiger partial charge in [-0.15, -0.1) is 0 Å². The highest BCUT2D eigenvalue weighted by Gasteiger charge is 2.37. The minimum absolute atomic E-state index is 0.106. The van der Waals surface area contributed by atoms with Crippen molar-refractivity contribution >= 4 is 11.8 Å². The Morgan fingerprint density at radius 2 is 2.33 bits per heavy atom. The number of fused-ring (bicyclic) bond motifs is 1. The fraction of sp³-hybridized carbons (Fsp3) is 0.667. The Kier molecular flexibility index (Phi) is 3.69. The summed E-state index contributed by atoms with van der Waals surface area (Å²) >= 11 is 0.